The lowest BCUT2D eigenvalue weighted by Crippen LogP contribution is -2.39. The summed E-state index contributed by atoms with van der Waals surface area (Å²) in [5.41, 5.74) is 5.97. The number of nitrogens with one attached hydrogen (secondary N) is 1. The molecule has 8 heteroatoms. The van der Waals surface area contributed by atoms with E-state index < -0.39 is 17.9 Å². The van der Waals surface area contributed by atoms with Gasteiger partial charge in [-0.15, -0.1) is 11.3 Å². The van der Waals surface area contributed by atoms with Crippen molar-refractivity contribution in [2.24, 2.45) is 11.7 Å². The molecule has 0 saturated carbocycles. The number of amides is 1. The number of anilines is 1. The molecule has 0 saturated heterocycles. The maximum absolute atomic E-state index is 11.5. The topological polar surface area (TPSA) is 118 Å². The van der Waals surface area contributed by atoms with Crippen LogP contribution >= 0.6 is 11.3 Å². The predicted molar refractivity (Wildman–Crippen MR) is 80.6 cm³/mol. The second-order valence-electron chi connectivity index (χ2n) is 5.03. The monoisotopic (exact) mass is 308 g/mol. The fourth-order valence-electron chi connectivity index (χ4n) is 2.10. The number of carbonyl (C=O) groups is 2. The largest absolute Gasteiger partial charge is 0.477 e. The van der Waals surface area contributed by atoms with Gasteiger partial charge in [-0.25, -0.2) is 14.8 Å². The first-order valence-electron chi connectivity index (χ1n) is 6.36. The molecule has 21 heavy (non-hydrogen) atoms. The molecular weight excluding hydrogens is 292 g/mol. The third-order valence-electron chi connectivity index (χ3n) is 3.19. The van der Waals surface area contributed by atoms with Crippen LogP contribution in [-0.4, -0.2) is 33.0 Å². The van der Waals surface area contributed by atoms with Crippen LogP contribution in [0.15, 0.2) is 6.33 Å². The molecule has 0 fully saturated rings. The van der Waals surface area contributed by atoms with E-state index in [0.29, 0.717) is 21.6 Å². The fourth-order valence-corrected chi connectivity index (χ4v) is 3.09. The van der Waals surface area contributed by atoms with Gasteiger partial charge in [0.25, 0.3) is 0 Å². The van der Waals surface area contributed by atoms with Crippen LogP contribution in [0.3, 0.4) is 0 Å². The van der Waals surface area contributed by atoms with Crippen LogP contribution < -0.4 is 11.1 Å². The minimum absolute atomic E-state index is 0.0228. The van der Waals surface area contributed by atoms with Crippen LogP contribution in [0.25, 0.3) is 10.2 Å². The number of aromatic carboxylic acids is 1. The van der Waals surface area contributed by atoms with E-state index in [-0.39, 0.29) is 10.8 Å². The molecule has 112 valence electrons. The Morgan fingerprint density at radius 1 is 1.38 bits per heavy atom. The molecular formula is C13H16N4O3S. The number of carbonyl (C=O) groups excluding carboxylic acids is 1. The summed E-state index contributed by atoms with van der Waals surface area (Å²) in [7, 11) is 0. The Labute approximate surface area is 125 Å². The van der Waals surface area contributed by atoms with Crippen LogP contribution in [0.1, 0.15) is 29.1 Å². The Morgan fingerprint density at radius 3 is 2.57 bits per heavy atom. The summed E-state index contributed by atoms with van der Waals surface area (Å²) in [6.07, 6.45) is 1.34. The molecule has 1 unspecified atom stereocenters. The van der Waals surface area contributed by atoms with Crippen molar-refractivity contribution in [3.05, 3.63) is 16.8 Å². The number of carboxylic acids is 1. The van der Waals surface area contributed by atoms with Crippen molar-refractivity contribution in [2.75, 3.05) is 5.32 Å². The molecule has 2 aromatic rings. The maximum Gasteiger partial charge on any atom is 0.346 e. The molecule has 0 spiro atoms. The summed E-state index contributed by atoms with van der Waals surface area (Å²) in [4.78, 5) is 31.7. The molecule has 2 rings (SSSR count). The smallest absolute Gasteiger partial charge is 0.346 e. The Kier molecular flexibility index (Phi) is 4.08. The lowest BCUT2D eigenvalue weighted by atomic mass is 10.0. The SMILES string of the molecule is Cc1c(C(=O)O)sc2ncnc(NC(C(N)=O)C(C)C)c12. The Hall–Kier alpha value is -2.22. The van der Waals surface area contributed by atoms with Crippen molar-refractivity contribution in [1.29, 1.82) is 0 Å². The van der Waals surface area contributed by atoms with Crippen LogP contribution in [0.4, 0.5) is 5.82 Å². The lowest BCUT2D eigenvalue weighted by Gasteiger charge is -2.19. The maximum atomic E-state index is 11.5. The average Bonchev–Trinajstić information content (AvgIpc) is 2.73. The number of rotatable bonds is 5. The number of nitrogens with two attached hydrogens (primary N) is 1. The number of hydrogen-bond acceptors (Lipinski definition) is 6. The molecule has 7 nitrogen and oxygen atoms in total. The van der Waals surface area contributed by atoms with Crippen molar-refractivity contribution < 1.29 is 14.7 Å². The third-order valence-corrected chi connectivity index (χ3v) is 4.37. The Bertz CT molecular complexity index is 711. The van der Waals surface area contributed by atoms with Crippen LogP contribution in [0.5, 0.6) is 0 Å². The molecule has 0 bridgehead atoms. The number of aromatic nitrogens is 2. The first-order valence-corrected chi connectivity index (χ1v) is 7.17. The van der Waals surface area contributed by atoms with E-state index in [1.807, 2.05) is 13.8 Å². The second-order valence-corrected chi connectivity index (χ2v) is 6.03. The van der Waals surface area contributed by atoms with Gasteiger partial charge in [0.15, 0.2) is 0 Å². The van der Waals surface area contributed by atoms with E-state index in [2.05, 4.69) is 15.3 Å². The number of carboxylic acid groups (broad SMARTS) is 1. The standard InChI is InChI=1S/C13H16N4O3S/c1-5(2)8(10(14)18)17-11-7-6(3)9(13(19)20)21-12(7)16-4-15-11/h4-5,8H,1-3H3,(H2,14,18)(H,19,20)(H,15,16,17). The number of nitrogens with zero attached hydrogens (tertiary/aromatic N) is 2. The van der Waals surface area contributed by atoms with E-state index in [1.54, 1.807) is 6.92 Å². The summed E-state index contributed by atoms with van der Waals surface area (Å²) in [6, 6.07) is -0.587. The molecule has 0 aliphatic heterocycles. The zero-order chi connectivity index (χ0) is 15.7. The zero-order valence-corrected chi connectivity index (χ0v) is 12.7. The highest BCUT2D eigenvalue weighted by molar-refractivity contribution is 7.20. The van der Waals surface area contributed by atoms with Crippen LogP contribution in [-0.2, 0) is 4.79 Å². The molecule has 0 aliphatic rings. The summed E-state index contributed by atoms with van der Waals surface area (Å²) >= 11 is 1.08. The van der Waals surface area contributed by atoms with Gasteiger partial charge in [0.1, 0.15) is 27.9 Å². The molecule has 1 amide bonds. The van der Waals surface area contributed by atoms with Crippen molar-refractivity contribution in [3.63, 3.8) is 0 Å². The molecule has 0 aliphatic carbocycles. The highest BCUT2D eigenvalue weighted by Gasteiger charge is 2.23. The predicted octanol–water partition coefficient (Wildman–Crippen LogP) is 1.62. The van der Waals surface area contributed by atoms with Crippen molar-refractivity contribution in [1.82, 2.24) is 9.97 Å². The summed E-state index contributed by atoms with van der Waals surface area (Å²) < 4.78 is 0. The first kappa shape index (κ1) is 15.2. The van der Waals surface area contributed by atoms with Crippen molar-refractivity contribution in [2.45, 2.75) is 26.8 Å². The number of hydrogen-bond donors (Lipinski definition) is 3. The highest BCUT2D eigenvalue weighted by Crippen LogP contribution is 2.33. The van der Waals surface area contributed by atoms with Crippen molar-refractivity contribution >= 4 is 39.2 Å². The summed E-state index contributed by atoms with van der Waals surface area (Å²) in [5, 5.41) is 12.8. The van der Waals surface area contributed by atoms with E-state index in [0.717, 1.165) is 11.3 Å². The molecule has 2 aromatic heterocycles. The van der Waals surface area contributed by atoms with Gasteiger partial charge >= 0.3 is 5.97 Å². The minimum atomic E-state index is -1.00. The van der Waals surface area contributed by atoms with Gasteiger partial charge < -0.3 is 16.2 Å². The van der Waals surface area contributed by atoms with E-state index in [4.69, 9.17) is 5.73 Å². The Balaban J connectivity index is 2.54. The first-order chi connectivity index (χ1) is 9.82. The minimum Gasteiger partial charge on any atom is -0.477 e. The molecule has 4 N–H and O–H groups in total. The number of aryl methyl sites for hydroxylation is 1. The quantitative estimate of drug-likeness (QED) is 0.772. The third kappa shape index (κ3) is 2.80. The van der Waals surface area contributed by atoms with Crippen LogP contribution in [0, 0.1) is 12.8 Å². The molecule has 2 heterocycles. The molecule has 1 atom stereocenters. The van der Waals surface area contributed by atoms with Gasteiger partial charge in [-0.2, -0.15) is 0 Å². The lowest BCUT2D eigenvalue weighted by molar-refractivity contribution is -0.119. The van der Waals surface area contributed by atoms with E-state index >= 15 is 0 Å². The number of primary amides is 1. The number of fused-ring (bicyclic) bond motifs is 1. The van der Waals surface area contributed by atoms with Gasteiger partial charge in [-0.1, -0.05) is 13.8 Å². The van der Waals surface area contributed by atoms with Gasteiger partial charge in [-0.05, 0) is 18.4 Å². The zero-order valence-electron chi connectivity index (χ0n) is 11.9. The number of thiophene rings is 1. The van der Waals surface area contributed by atoms with Crippen LogP contribution in [0.2, 0.25) is 0 Å². The fraction of sp³-hybridized carbons (Fsp3) is 0.385. The van der Waals surface area contributed by atoms with E-state index in [1.165, 1.54) is 6.33 Å². The van der Waals surface area contributed by atoms with Gasteiger partial charge in [-0.3, -0.25) is 4.79 Å². The highest BCUT2D eigenvalue weighted by atomic mass is 32.1. The molecule has 0 radical (unpaired) electrons. The average molecular weight is 308 g/mol. The van der Waals surface area contributed by atoms with Gasteiger partial charge in [0, 0.05) is 0 Å². The summed E-state index contributed by atoms with van der Waals surface area (Å²) in [5.74, 6) is -1.08. The molecule has 0 aromatic carbocycles. The summed E-state index contributed by atoms with van der Waals surface area (Å²) in [6.45, 7) is 5.43. The van der Waals surface area contributed by atoms with E-state index in [9.17, 15) is 14.7 Å². The van der Waals surface area contributed by atoms with Crippen molar-refractivity contribution in [3.8, 4) is 0 Å². The second kappa shape index (κ2) is 5.65. The van der Waals surface area contributed by atoms with Gasteiger partial charge in [0.05, 0.1) is 5.39 Å². The van der Waals surface area contributed by atoms with Gasteiger partial charge in [0.2, 0.25) is 5.91 Å². The normalized spacial score (nSPS) is 12.6. The Morgan fingerprint density at radius 2 is 2.05 bits per heavy atom.